The van der Waals surface area contributed by atoms with Crippen molar-refractivity contribution in [3.05, 3.63) is 81.6 Å². The number of rotatable bonds is 5. The lowest BCUT2D eigenvalue weighted by Gasteiger charge is -2.11. The highest BCUT2D eigenvalue weighted by Gasteiger charge is 2.32. The molecule has 7 heteroatoms. The Bertz CT molecular complexity index is 1040. The predicted octanol–water partition coefficient (Wildman–Crippen LogP) is 4.19. The number of thiazole rings is 1. The van der Waals surface area contributed by atoms with E-state index in [-0.39, 0.29) is 23.5 Å². The number of carbonyl (C=O) groups is 2. The van der Waals surface area contributed by atoms with Crippen molar-refractivity contribution in [3.8, 4) is 0 Å². The number of fused-ring (bicyclic) bond motifs is 1. The number of hydrogen-bond donors (Lipinski definition) is 2. The maximum absolute atomic E-state index is 13.0. The number of aryl methyl sites for hydroxylation is 2. The summed E-state index contributed by atoms with van der Waals surface area (Å²) in [5.74, 6) is -0.945. The molecule has 0 spiro atoms. The van der Waals surface area contributed by atoms with Gasteiger partial charge in [-0.3, -0.25) is 14.9 Å². The normalized spacial score (nSPS) is 15.0. The summed E-state index contributed by atoms with van der Waals surface area (Å²) in [6.45, 7) is 2.31. The summed E-state index contributed by atoms with van der Waals surface area (Å²) in [5, 5.41) is 6.24. The molecule has 0 radical (unpaired) electrons. The minimum absolute atomic E-state index is 0.102. The molecule has 1 atom stereocenters. The van der Waals surface area contributed by atoms with Gasteiger partial charge in [-0.2, -0.15) is 0 Å². The second-order valence-corrected chi connectivity index (χ2v) is 8.17. The fraction of sp³-hybridized carbons (Fsp3) is 0.227. The van der Waals surface area contributed by atoms with Crippen molar-refractivity contribution < 1.29 is 14.0 Å². The molecule has 2 N–H and O–H groups in total. The molecule has 0 bridgehead atoms. The van der Waals surface area contributed by atoms with E-state index in [2.05, 4.69) is 15.6 Å². The highest BCUT2D eigenvalue weighted by molar-refractivity contribution is 7.16. The molecule has 0 saturated carbocycles. The zero-order valence-corrected chi connectivity index (χ0v) is 16.7. The monoisotopic (exact) mass is 409 g/mol. The molecule has 1 aliphatic rings. The van der Waals surface area contributed by atoms with E-state index in [0.29, 0.717) is 23.7 Å². The fourth-order valence-electron chi connectivity index (χ4n) is 3.32. The Hall–Kier alpha value is -3.06. The van der Waals surface area contributed by atoms with E-state index in [1.807, 2.05) is 19.1 Å². The van der Waals surface area contributed by atoms with Crippen LogP contribution in [-0.2, 0) is 17.8 Å². The maximum atomic E-state index is 13.0. The van der Waals surface area contributed by atoms with Gasteiger partial charge in [0.15, 0.2) is 5.13 Å². The summed E-state index contributed by atoms with van der Waals surface area (Å²) in [5.41, 5.74) is 3.23. The third-order valence-corrected chi connectivity index (χ3v) is 5.99. The number of nitrogens with one attached hydrogen (secondary N) is 2. The summed E-state index contributed by atoms with van der Waals surface area (Å²) in [6, 6.07) is 13.4. The van der Waals surface area contributed by atoms with Gasteiger partial charge in [-0.15, -0.1) is 11.3 Å². The molecule has 2 amide bonds. The number of hydrogen-bond acceptors (Lipinski definition) is 4. The van der Waals surface area contributed by atoms with Crippen molar-refractivity contribution in [2.24, 2.45) is 0 Å². The zero-order chi connectivity index (χ0) is 20.4. The highest BCUT2D eigenvalue weighted by atomic mass is 32.1. The Morgan fingerprint density at radius 2 is 1.86 bits per heavy atom. The van der Waals surface area contributed by atoms with E-state index in [4.69, 9.17) is 0 Å². The number of amides is 2. The quantitative estimate of drug-likeness (QED) is 0.664. The fourth-order valence-corrected chi connectivity index (χ4v) is 4.36. The highest BCUT2D eigenvalue weighted by Crippen LogP contribution is 2.38. The first-order valence-electron chi connectivity index (χ1n) is 9.39. The third-order valence-electron chi connectivity index (χ3n) is 4.95. The molecule has 0 saturated heterocycles. The van der Waals surface area contributed by atoms with Crippen LogP contribution in [0.15, 0.2) is 48.5 Å². The van der Waals surface area contributed by atoms with Crippen LogP contribution in [0.3, 0.4) is 0 Å². The molecule has 2 aromatic carbocycles. The standard InChI is InChI=1S/C22H20FN3O2S/c1-13-2-6-15(7-3-13)20(27)26-22-25-19-17(10-11-18(19)29-22)21(28)24-12-14-4-8-16(23)9-5-14/h2-9,17H,10-12H2,1H3,(H,24,28)(H,25,26,27). The lowest BCUT2D eigenvalue weighted by Crippen LogP contribution is -2.28. The first kappa shape index (κ1) is 19.3. The molecule has 0 fully saturated rings. The molecule has 5 nitrogen and oxygen atoms in total. The van der Waals surface area contributed by atoms with Crippen molar-refractivity contribution in [2.45, 2.75) is 32.2 Å². The van der Waals surface area contributed by atoms with Gasteiger partial charge in [0.05, 0.1) is 11.6 Å². The SMILES string of the molecule is Cc1ccc(C(=O)Nc2nc3c(s2)CCC3C(=O)NCc2ccc(F)cc2)cc1. The summed E-state index contributed by atoms with van der Waals surface area (Å²) < 4.78 is 13.0. The molecule has 0 aliphatic heterocycles. The Labute approximate surface area is 172 Å². The van der Waals surface area contributed by atoms with Crippen molar-refractivity contribution in [3.63, 3.8) is 0 Å². The summed E-state index contributed by atoms with van der Waals surface area (Å²) in [7, 11) is 0. The van der Waals surface area contributed by atoms with Gasteiger partial charge in [0.1, 0.15) is 5.82 Å². The van der Waals surface area contributed by atoms with Crippen LogP contribution >= 0.6 is 11.3 Å². The van der Waals surface area contributed by atoms with E-state index in [1.165, 1.54) is 23.5 Å². The van der Waals surface area contributed by atoms with Gasteiger partial charge in [-0.25, -0.2) is 9.37 Å². The minimum Gasteiger partial charge on any atom is -0.351 e. The van der Waals surface area contributed by atoms with Crippen molar-refractivity contribution >= 4 is 28.3 Å². The van der Waals surface area contributed by atoms with Crippen molar-refractivity contribution in [1.29, 1.82) is 0 Å². The topological polar surface area (TPSA) is 71.1 Å². The van der Waals surface area contributed by atoms with E-state index in [1.54, 1.807) is 24.3 Å². The van der Waals surface area contributed by atoms with Crippen LogP contribution in [0.25, 0.3) is 0 Å². The summed E-state index contributed by atoms with van der Waals surface area (Å²) in [4.78, 5) is 30.6. The number of carbonyl (C=O) groups excluding carboxylic acids is 2. The van der Waals surface area contributed by atoms with Gasteiger partial charge in [-0.1, -0.05) is 29.8 Å². The second-order valence-electron chi connectivity index (χ2n) is 7.08. The Morgan fingerprint density at radius 1 is 1.14 bits per heavy atom. The molecular weight excluding hydrogens is 389 g/mol. The average molecular weight is 409 g/mol. The van der Waals surface area contributed by atoms with Crippen LogP contribution < -0.4 is 10.6 Å². The number of halogens is 1. The largest absolute Gasteiger partial charge is 0.351 e. The van der Waals surface area contributed by atoms with Crippen LogP contribution in [0.5, 0.6) is 0 Å². The van der Waals surface area contributed by atoms with Gasteiger partial charge in [0.25, 0.3) is 5.91 Å². The van der Waals surface area contributed by atoms with Gasteiger partial charge < -0.3 is 5.32 Å². The lowest BCUT2D eigenvalue weighted by atomic mass is 10.1. The molecule has 1 aliphatic carbocycles. The molecule has 1 aromatic heterocycles. The van der Waals surface area contributed by atoms with Crippen molar-refractivity contribution in [1.82, 2.24) is 10.3 Å². The molecule has 29 heavy (non-hydrogen) atoms. The van der Waals surface area contributed by atoms with Crippen LogP contribution in [0, 0.1) is 12.7 Å². The van der Waals surface area contributed by atoms with Crippen LogP contribution in [-0.4, -0.2) is 16.8 Å². The average Bonchev–Trinajstić information content (AvgIpc) is 3.28. The third kappa shape index (κ3) is 4.35. The summed E-state index contributed by atoms with van der Waals surface area (Å²) in [6.07, 6.45) is 1.47. The van der Waals surface area contributed by atoms with E-state index < -0.39 is 0 Å². The Morgan fingerprint density at radius 3 is 2.59 bits per heavy atom. The number of aromatic nitrogens is 1. The molecule has 4 rings (SSSR count). The molecular formula is C22H20FN3O2S. The molecule has 148 valence electrons. The van der Waals surface area contributed by atoms with Gasteiger partial charge >= 0.3 is 0 Å². The minimum atomic E-state index is -0.327. The van der Waals surface area contributed by atoms with Gasteiger partial charge in [-0.05, 0) is 49.6 Å². The van der Waals surface area contributed by atoms with E-state index in [0.717, 1.165) is 28.1 Å². The zero-order valence-electron chi connectivity index (χ0n) is 15.9. The van der Waals surface area contributed by atoms with Crippen LogP contribution in [0.1, 0.15) is 44.4 Å². The van der Waals surface area contributed by atoms with E-state index in [9.17, 15) is 14.0 Å². The first-order chi connectivity index (χ1) is 14.0. The predicted molar refractivity (Wildman–Crippen MR) is 111 cm³/mol. The molecule has 1 unspecified atom stereocenters. The van der Waals surface area contributed by atoms with E-state index >= 15 is 0 Å². The molecule has 3 aromatic rings. The van der Waals surface area contributed by atoms with Crippen LogP contribution in [0.2, 0.25) is 0 Å². The Kier molecular flexibility index (Phi) is 5.40. The number of nitrogens with zero attached hydrogens (tertiary/aromatic N) is 1. The molecule has 1 heterocycles. The smallest absolute Gasteiger partial charge is 0.257 e. The Balaban J connectivity index is 1.40. The lowest BCUT2D eigenvalue weighted by molar-refractivity contribution is -0.122. The number of anilines is 1. The van der Waals surface area contributed by atoms with Crippen molar-refractivity contribution in [2.75, 3.05) is 5.32 Å². The number of benzene rings is 2. The van der Waals surface area contributed by atoms with Crippen LogP contribution in [0.4, 0.5) is 9.52 Å². The van der Waals surface area contributed by atoms with Gasteiger partial charge in [0.2, 0.25) is 5.91 Å². The maximum Gasteiger partial charge on any atom is 0.257 e. The van der Waals surface area contributed by atoms with Gasteiger partial charge in [0, 0.05) is 17.0 Å². The summed E-state index contributed by atoms with van der Waals surface area (Å²) >= 11 is 1.42. The first-order valence-corrected chi connectivity index (χ1v) is 10.2. The second kappa shape index (κ2) is 8.13.